The van der Waals surface area contributed by atoms with Gasteiger partial charge in [-0.2, -0.15) is 0 Å². The first-order valence-corrected chi connectivity index (χ1v) is 6.78. The van der Waals surface area contributed by atoms with Gasteiger partial charge in [-0.3, -0.25) is 0 Å². The third-order valence-electron chi connectivity index (χ3n) is 2.63. The molecule has 1 rings (SSSR count). The van der Waals surface area contributed by atoms with Crippen LogP contribution in [0, 0.1) is 5.41 Å². The summed E-state index contributed by atoms with van der Waals surface area (Å²) in [5, 5.41) is 3.50. The van der Waals surface area contributed by atoms with Crippen LogP contribution in [-0.4, -0.2) is 13.1 Å². The summed E-state index contributed by atoms with van der Waals surface area (Å²) in [6.45, 7) is 9.03. The van der Waals surface area contributed by atoms with Crippen LogP contribution >= 0.6 is 15.9 Å². The van der Waals surface area contributed by atoms with Crippen molar-refractivity contribution in [2.24, 2.45) is 5.41 Å². The Hall–Kier alpha value is -0.340. The molecule has 0 unspecified atom stereocenters. The Balaban J connectivity index is 2.48. The second kappa shape index (κ2) is 6.41. The smallest absolute Gasteiger partial charge is 0.0175 e. The second-order valence-electron chi connectivity index (χ2n) is 5.14. The summed E-state index contributed by atoms with van der Waals surface area (Å²) in [5.41, 5.74) is 1.73. The predicted octanol–water partition coefficient (Wildman–Crippen LogP) is 4.02. The lowest BCUT2D eigenvalue weighted by Gasteiger charge is -2.25. The topological polar surface area (TPSA) is 12.0 Å². The fraction of sp³-hybridized carbons (Fsp3) is 0.571. The van der Waals surface area contributed by atoms with Gasteiger partial charge in [-0.05, 0) is 42.5 Å². The zero-order valence-corrected chi connectivity index (χ0v) is 12.1. The Kier molecular flexibility index (Phi) is 5.50. The summed E-state index contributed by atoms with van der Waals surface area (Å²) < 4.78 is 1.15. The molecule has 0 aliphatic carbocycles. The first-order chi connectivity index (χ1) is 7.53. The molecule has 1 N–H and O–H groups in total. The highest BCUT2D eigenvalue weighted by Crippen LogP contribution is 2.22. The van der Waals surface area contributed by atoms with Crippen LogP contribution in [0.25, 0.3) is 0 Å². The Morgan fingerprint density at radius 1 is 1.19 bits per heavy atom. The second-order valence-corrected chi connectivity index (χ2v) is 6.06. The molecule has 0 saturated heterocycles. The molecule has 0 radical (unpaired) electrons. The molecule has 0 amide bonds. The van der Waals surface area contributed by atoms with Gasteiger partial charge in [-0.15, -0.1) is 0 Å². The average Bonchev–Trinajstić information content (AvgIpc) is 2.21. The van der Waals surface area contributed by atoms with E-state index in [0.717, 1.165) is 24.0 Å². The van der Waals surface area contributed by atoms with Crippen LogP contribution in [0.4, 0.5) is 0 Å². The predicted molar refractivity (Wildman–Crippen MR) is 74.8 cm³/mol. The van der Waals surface area contributed by atoms with E-state index >= 15 is 0 Å². The SMILES string of the molecule is CCCNCC(C)(C)Cc1ccc(Br)cc1. The number of benzene rings is 1. The van der Waals surface area contributed by atoms with E-state index in [1.165, 1.54) is 12.0 Å². The van der Waals surface area contributed by atoms with Gasteiger partial charge >= 0.3 is 0 Å². The van der Waals surface area contributed by atoms with E-state index in [1.807, 2.05) is 0 Å². The highest BCUT2D eigenvalue weighted by molar-refractivity contribution is 9.10. The van der Waals surface area contributed by atoms with Crippen molar-refractivity contribution in [1.29, 1.82) is 0 Å². The van der Waals surface area contributed by atoms with Gasteiger partial charge in [0, 0.05) is 11.0 Å². The normalized spacial score (nSPS) is 11.8. The van der Waals surface area contributed by atoms with Crippen molar-refractivity contribution in [3.63, 3.8) is 0 Å². The van der Waals surface area contributed by atoms with Gasteiger partial charge in [0.2, 0.25) is 0 Å². The zero-order valence-electron chi connectivity index (χ0n) is 10.5. The third-order valence-corrected chi connectivity index (χ3v) is 3.15. The molecule has 0 saturated carbocycles. The van der Waals surface area contributed by atoms with Crippen molar-refractivity contribution in [1.82, 2.24) is 5.32 Å². The van der Waals surface area contributed by atoms with Crippen LogP contribution in [0.2, 0.25) is 0 Å². The molecular formula is C14H22BrN. The highest BCUT2D eigenvalue weighted by atomic mass is 79.9. The van der Waals surface area contributed by atoms with Crippen molar-refractivity contribution >= 4 is 15.9 Å². The Morgan fingerprint density at radius 3 is 2.38 bits per heavy atom. The number of nitrogens with one attached hydrogen (secondary N) is 1. The minimum absolute atomic E-state index is 0.322. The molecule has 0 atom stereocenters. The fourth-order valence-corrected chi connectivity index (χ4v) is 2.09. The van der Waals surface area contributed by atoms with Crippen LogP contribution in [0.3, 0.4) is 0 Å². The maximum absolute atomic E-state index is 3.50. The van der Waals surface area contributed by atoms with Crippen LogP contribution in [0.15, 0.2) is 28.7 Å². The van der Waals surface area contributed by atoms with Crippen molar-refractivity contribution in [3.8, 4) is 0 Å². The summed E-state index contributed by atoms with van der Waals surface area (Å²) in [6.07, 6.45) is 2.32. The molecule has 1 aromatic carbocycles. The standard InChI is InChI=1S/C14H22BrN/c1-4-9-16-11-14(2,3)10-12-5-7-13(15)8-6-12/h5-8,16H,4,9-11H2,1-3H3. The lowest BCUT2D eigenvalue weighted by molar-refractivity contribution is 0.339. The molecule has 0 heterocycles. The number of hydrogen-bond donors (Lipinski definition) is 1. The van der Waals surface area contributed by atoms with Gasteiger partial charge in [0.05, 0.1) is 0 Å². The zero-order chi connectivity index (χ0) is 12.0. The van der Waals surface area contributed by atoms with Crippen molar-refractivity contribution in [2.45, 2.75) is 33.6 Å². The maximum Gasteiger partial charge on any atom is 0.0175 e. The Morgan fingerprint density at radius 2 is 1.81 bits per heavy atom. The summed E-state index contributed by atoms with van der Waals surface area (Å²) in [7, 11) is 0. The molecule has 0 bridgehead atoms. The number of hydrogen-bond acceptors (Lipinski definition) is 1. The molecule has 16 heavy (non-hydrogen) atoms. The third kappa shape index (κ3) is 5.13. The fourth-order valence-electron chi connectivity index (χ4n) is 1.82. The monoisotopic (exact) mass is 283 g/mol. The van der Waals surface area contributed by atoms with Crippen LogP contribution in [0.5, 0.6) is 0 Å². The highest BCUT2D eigenvalue weighted by Gasteiger charge is 2.17. The van der Waals surface area contributed by atoms with E-state index in [9.17, 15) is 0 Å². The first kappa shape index (κ1) is 13.7. The molecule has 0 spiro atoms. The van der Waals surface area contributed by atoms with Gasteiger partial charge in [0.15, 0.2) is 0 Å². The molecule has 0 aliphatic rings. The lowest BCUT2D eigenvalue weighted by atomic mass is 9.85. The van der Waals surface area contributed by atoms with E-state index in [1.54, 1.807) is 0 Å². The maximum atomic E-state index is 3.50. The molecule has 90 valence electrons. The van der Waals surface area contributed by atoms with Crippen LogP contribution < -0.4 is 5.32 Å². The van der Waals surface area contributed by atoms with Crippen LogP contribution in [-0.2, 0) is 6.42 Å². The molecule has 1 aromatic rings. The number of halogens is 1. The van der Waals surface area contributed by atoms with E-state index < -0.39 is 0 Å². The van der Waals surface area contributed by atoms with Gasteiger partial charge in [0.25, 0.3) is 0 Å². The summed E-state index contributed by atoms with van der Waals surface area (Å²) in [6, 6.07) is 8.63. The summed E-state index contributed by atoms with van der Waals surface area (Å²) >= 11 is 3.46. The largest absolute Gasteiger partial charge is 0.316 e. The van der Waals surface area contributed by atoms with E-state index in [4.69, 9.17) is 0 Å². The van der Waals surface area contributed by atoms with Crippen molar-refractivity contribution < 1.29 is 0 Å². The van der Waals surface area contributed by atoms with Gasteiger partial charge < -0.3 is 5.32 Å². The molecule has 1 nitrogen and oxygen atoms in total. The Bertz CT molecular complexity index is 303. The molecule has 0 aliphatic heterocycles. The van der Waals surface area contributed by atoms with E-state index in [-0.39, 0.29) is 0 Å². The van der Waals surface area contributed by atoms with Crippen molar-refractivity contribution in [3.05, 3.63) is 34.3 Å². The first-order valence-electron chi connectivity index (χ1n) is 5.99. The van der Waals surface area contributed by atoms with Gasteiger partial charge in [0.1, 0.15) is 0 Å². The summed E-state index contributed by atoms with van der Waals surface area (Å²) in [4.78, 5) is 0. The van der Waals surface area contributed by atoms with Gasteiger partial charge in [-0.1, -0.05) is 48.8 Å². The minimum Gasteiger partial charge on any atom is -0.316 e. The molecule has 0 aromatic heterocycles. The van der Waals surface area contributed by atoms with E-state index in [0.29, 0.717) is 5.41 Å². The van der Waals surface area contributed by atoms with Crippen molar-refractivity contribution in [2.75, 3.05) is 13.1 Å². The molecule has 2 heteroatoms. The minimum atomic E-state index is 0.322. The number of rotatable bonds is 6. The average molecular weight is 284 g/mol. The van der Waals surface area contributed by atoms with E-state index in [2.05, 4.69) is 66.3 Å². The molecule has 0 fully saturated rings. The lowest BCUT2D eigenvalue weighted by Crippen LogP contribution is -2.31. The summed E-state index contributed by atoms with van der Waals surface area (Å²) in [5.74, 6) is 0. The quantitative estimate of drug-likeness (QED) is 0.778. The Labute approximate surface area is 108 Å². The molecular weight excluding hydrogens is 262 g/mol. The van der Waals surface area contributed by atoms with Crippen LogP contribution in [0.1, 0.15) is 32.8 Å². The van der Waals surface area contributed by atoms with Gasteiger partial charge in [-0.25, -0.2) is 0 Å².